The third kappa shape index (κ3) is 1.79. The molecule has 2 atom stereocenters. The second-order valence-electron chi connectivity index (χ2n) is 4.00. The molecular weight excluding hydrogens is 196 g/mol. The molecule has 6 heteroatoms. The lowest BCUT2D eigenvalue weighted by Gasteiger charge is -2.03. The number of hydrogen-bond donors (Lipinski definition) is 2. The van der Waals surface area contributed by atoms with Gasteiger partial charge in [0.1, 0.15) is 0 Å². The summed E-state index contributed by atoms with van der Waals surface area (Å²) in [5, 5.41) is 13.0. The standard InChI is InChI=1S/C9H14N4O2/c1-13-9(10)11-7(12-13)5-2-3-6(4-5)8(14)15/h5-6H,2-4H2,1H3,(H,14,15)(H2,10,11,12). The van der Waals surface area contributed by atoms with Crippen LogP contribution >= 0.6 is 0 Å². The monoisotopic (exact) mass is 210 g/mol. The molecule has 0 spiro atoms. The van der Waals surface area contributed by atoms with Crippen molar-refractivity contribution in [2.75, 3.05) is 5.73 Å². The Morgan fingerprint density at radius 3 is 2.80 bits per heavy atom. The van der Waals surface area contributed by atoms with E-state index in [0.717, 1.165) is 6.42 Å². The summed E-state index contributed by atoms with van der Waals surface area (Å²) in [7, 11) is 1.73. The predicted octanol–water partition coefficient (Wildman–Crippen LogP) is 0.366. The SMILES string of the molecule is Cn1nc(C2CCC(C(=O)O)C2)nc1N. The Morgan fingerprint density at radius 2 is 2.33 bits per heavy atom. The summed E-state index contributed by atoms with van der Waals surface area (Å²) in [6.07, 6.45) is 2.16. The van der Waals surface area contributed by atoms with E-state index < -0.39 is 5.97 Å². The van der Waals surface area contributed by atoms with Crippen LogP contribution in [0.15, 0.2) is 0 Å². The summed E-state index contributed by atoms with van der Waals surface area (Å²) in [6, 6.07) is 0. The summed E-state index contributed by atoms with van der Waals surface area (Å²) < 4.78 is 1.52. The Labute approximate surface area is 87.1 Å². The van der Waals surface area contributed by atoms with Crippen LogP contribution in [-0.2, 0) is 11.8 Å². The highest BCUT2D eigenvalue weighted by molar-refractivity contribution is 5.70. The van der Waals surface area contributed by atoms with Crippen molar-refractivity contribution >= 4 is 11.9 Å². The van der Waals surface area contributed by atoms with Crippen molar-refractivity contribution < 1.29 is 9.90 Å². The van der Waals surface area contributed by atoms with Gasteiger partial charge in [0.25, 0.3) is 0 Å². The fourth-order valence-corrected chi connectivity index (χ4v) is 2.03. The molecule has 1 heterocycles. The number of carboxylic acid groups (broad SMARTS) is 1. The van der Waals surface area contributed by atoms with Gasteiger partial charge in [-0.1, -0.05) is 0 Å². The van der Waals surface area contributed by atoms with Gasteiger partial charge in [0.15, 0.2) is 5.82 Å². The molecule has 3 N–H and O–H groups in total. The molecule has 0 bridgehead atoms. The molecule has 1 aliphatic carbocycles. The molecule has 82 valence electrons. The van der Waals surface area contributed by atoms with Gasteiger partial charge in [0.2, 0.25) is 5.95 Å². The fraction of sp³-hybridized carbons (Fsp3) is 0.667. The average Bonchev–Trinajstić information content (AvgIpc) is 2.74. The van der Waals surface area contributed by atoms with Gasteiger partial charge in [-0.15, -0.1) is 0 Å². The summed E-state index contributed by atoms with van der Waals surface area (Å²) >= 11 is 0. The minimum atomic E-state index is -0.721. The number of nitrogen functional groups attached to an aromatic ring is 1. The molecule has 0 saturated heterocycles. The van der Waals surface area contributed by atoms with E-state index in [-0.39, 0.29) is 11.8 Å². The van der Waals surface area contributed by atoms with Crippen LogP contribution in [-0.4, -0.2) is 25.8 Å². The van der Waals surface area contributed by atoms with Crippen LogP contribution in [0.2, 0.25) is 0 Å². The number of nitrogens with two attached hydrogens (primary N) is 1. The maximum Gasteiger partial charge on any atom is 0.306 e. The number of rotatable bonds is 2. The van der Waals surface area contributed by atoms with Crippen molar-refractivity contribution in [1.82, 2.24) is 14.8 Å². The third-order valence-electron chi connectivity index (χ3n) is 2.96. The molecule has 1 saturated carbocycles. The molecule has 1 aromatic rings. The smallest absolute Gasteiger partial charge is 0.306 e. The average molecular weight is 210 g/mol. The molecule has 1 fully saturated rings. The van der Waals surface area contributed by atoms with Crippen LogP contribution in [0.25, 0.3) is 0 Å². The summed E-state index contributed by atoms with van der Waals surface area (Å²) in [4.78, 5) is 14.9. The number of aromatic nitrogens is 3. The summed E-state index contributed by atoms with van der Waals surface area (Å²) in [5.41, 5.74) is 5.58. The molecule has 6 nitrogen and oxygen atoms in total. The van der Waals surface area contributed by atoms with Gasteiger partial charge in [0, 0.05) is 13.0 Å². The minimum absolute atomic E-state index is 0.148. The van der Waals surface area contributed by atoms with Crippen molar-refractivity contribution in [1.29, 1.82) is 0 Å². The normalized spacial score (nSPS) is 25.7. The van der Waals surface area contributed by atoms with Crippen LogP contribution in [0.3, 0.4) is 0 Å². The first-order valence-electron chi connectivity index (χ1n) is 4.97. The van der Waals surface area contributed by atoms with Crippen LogP contribution < -0.4 is 5.73 Å². The Kier molecular flexibility index (Phi) is 2.34. The van der Waals surface area contributed by atoms with E-state index >= 15 is 0 Å². The molecule has 0 aromatic carbocycles. The second kappa shape index (κ2) is 3.52. The number of carboxylic acids is 1. The second-order valence-corrected chi connectivity index (χ2v) is 4.00. The largest absolute Gasteiger partial charge is 0.481 e. The first-order chi connectivity index (χ1) is 7.08. The van der Waals surface area contributed by atoms with Crippen LogP contribution in [0.1, 0.15) is 31.0 Å². The maximum atomic E-state index is 10.8. The molecule has 1 aliphatic rings. The van der Waals surface area contributed by atoms with E-state index in [1.165, 1.54) is 4.68 Å². The van der Waals surface area contributed by atoms with Crippen molar-refractivity contribution in [3.8, 4) is 0 Å². The first-order valence-corrected chi connectivity index (χ1v) is 4.97. The highest BCUT2D eigenvalue weighted by Gasteiger charge is 2.32. The quantitative estimate of drug-likeness (QED) is 0.735. The van der Waals surface area contributed by atoms with Crippen LogP contribution in [0.5, 0.6) is 0 Å². The topological polar surface area (TPSA) is 94.0 Å². The highest BCUT2D eigenvalue weighted by Crippen LogP contribution is 2.37. The summed E-state index contributed by atoms with van der Waals surface area (Å²) in [6.45, 7) is 0. The zero-order valence-corrected chi connectivity index (χ0v) is 8.55. The van der Waals surface area contributed by atoms with Gasteiger partial charge in [-0.2, -0.15) is 10.1 Å². The maximum absolute atomic E-state index is 10.8. The molecule has 2 rings (SSSR count). The molecule has 0 aliphatic heterocycles. The van der Waals surface area contributed by atoms with Gasteiger partial charge in [-0.3, -0.25) is 4.79 Å². The lowest BCUT2D eigenvalue weighted by molar-refractivity contribution is -0.141. The Hall–Kier alpha value is -1.59. The lowest BCUT2D eigenvalue weighted by atomic mass is 10.0. The third-order valence-corrected chi connectivity index (χ3v) is 2.96. The molecule has 15 heavy (non-hydrogen) atoms. The molecular formula is C9H14N4O2. The van der Waals surface area contributed by atoms with Gasteiger partial charge >= 0.3 is 5.97 Å². The van der Waals surface area contributed by atoms with E-state index in [4.69, 9.17) is 10.8 Å². The molecule has 2 unspecified atom stereocenters. The van der Waals surface area contributed by atoms with E-state index in [1.807, 2.05) is 0 Å². The molecule has 0 radical (unpaired) electrons. The van der Waals surface area contributed by atoms with E-state index in [2.05, 4.69) is 10.1 Å². The van der Waals surface area contributed by atoms with Crippen molar-refractivity contribution in [2.24, 2.45) is 13.0 Å². The number of nitrogens with zero attached hydrogens (tertiary/aromatic N) is 3. The van der Waals surface area contributed by atoms with Crippen LogP contribution in [0.4, 0.5) is 5.95 Å². The number of carbonyl (C=O) groups is 1. The van der Waals surface area contributed by atoms with Gasteiger partial charge < -0.3 is 10.8 Å². The fourth-order valence-electron chi connectivity index (χ4n) is 2.03. The van der Waals surface area contributed by atoms with Gasteiger partial charge in [-0.05, 0) is 19.3 Å². The lowest BCUT2D eigenvalue weighted by Crippen LogP contribution is -2.09. The van der Waals surface area contributed by atoms with E-state index in [0.29, 0.717) is 24.6 Å². The zero-order valence-electron chi connectivity index (χ0n) is 8.55. The first kappa shape index (κ1) is 9.95. The van der Waals surface area contributed by atoms with Crippen molar-refractivity contribution in [2.45, 2.75) is 25.2 Å². The van der Waals surface area contributed by atoms with Gasteiger partial charge in [0.05, 0.1) is 5.92 Å². The van der Waals surface area contributed by atoms with Crippen LogP contribution in [0, 0.1) is 5.92 Å². The number of anilines is 1. The van der Waals surface area contributed by atoms with Gasteiger partial charge in [-0.25, -0.2) is 4.68 Å². The number of aryl methyl sites for hydroxylation is 1. The van der Waals surface area contributed by atoms with E-state index in [9.17, 15) is 4.79 Å². The minimum Gasteiger partial charge on any atom is -0.481 e. The Balaban J connectivity index is 2.11. The summed E-state index contributed by atoms with van der Waals surface area (Å²) in [5.74, 6) is 0.235. The molecule has 0 amide bonds. The highest BCUT2D eigenvalue weighted by atomic mass is 16.4. The molecule has 1 aromatic heterocycles. The predicted molar refractivity (Wildman–Crippen MR) is 53.1 cm³/mol. The van der Waals surface area contributed by atoms with E-state index in [1.54, 1.807) is 7.05 Å². The Morgan fingerprint density at radius 1 is 1.60 bits per heavy atom. The van der Waals surface area contributed by atoms with Crippen molar-refractivity contribution in [3.63, 3.8) is 0 Å². The zero-order chi connectivity index (χ0) is 11.0. The Bertz CT molecular complexity index is 368. The number of aliphatic carboxylic acids is 1. The number of hydrogen-bond acceptors (Lipinski definition) is 4. The van der Waals surface area contributed by atoms with Crippen molar-refractivity contribution in [3.05, 3.63) is 5.82 Å².